The van der Waals surface area contributed by atoms with E-state index in [4.69, 9.17) is 10.6 Å². The Hall–Kier alpha value is -1.22. The zero-order valence-electron chi connectivity index (χ0n) is 5.58. The second kappa shape index (κ2) is 5.91. The van der Waals surface area contributed by atoms with Gasteiger partial charge in [0.05, 0.1) is 0 Å². The van der Waals surface area contributed by atoms with Gasteiger partial charge < -0.3 is 5.11 Å². The highest BCUT2D eigenvalue weighted by atomic mass is 16.4. The predicted octanol–water partition coefficient (Wildman–Crippen LogP) is 0.792. The highest BCUT2D eigenvalue weighted by Gasteiger charge is 1.96. The largest absolute Gasteiger partial charge is 0.481 e. The predicted molar refractivity (Wildman–Crippen MR) is 33.6 cm³/mol. The summed E-state index contributed by atoms with van der Waals surface area (Å²) in [5, 5.41) is 11.5. The number of rotatable bonds is 5. The van der Waals surface area contributed by atoms with Gasteiger partial charge in [0.1, 0.15) is 17.2 Å². The molecule has 0 bridgehead atoms. The van der Waals surface area contributed by atoms with E-state index in [0.29, 0.717) is 19.4 Å². The average Bonchev–Trinajstić information content (AvgIpc) is 1.87. The van der Waals surface area contributed by atoms with Gasteiger partial charge in [-0.05, 0) is 12.8 Å². The van der Waals surface area contributed by atoms with Crippen LogP contribution in [0, 0.1) is 5.53 Å². The van der Waals surface area contributed by atoms with Gasteiger partial charge in [-0.3, -0.25) is 4.79 Å². The van der Waals surface area contributed by atoms with Gasteiger partial charge in [0.15, 0.2) is 0 Å². The van der Waals surface area contributed by atoms with Crippen molar-refractivity contribution in [3.05, 3.63) is 0 Å². The first-order valence-electron chi connectivity index (χ1n) is 3.02. The average molecular weight is 144 g/mol. The maximum atomic E-state index is 9.94. The lowest BCUT2D eigenvalue weighted by Gasteiger charge is -1.87. The van der Waals surface area contributed by atoms with Crippen molar-refractivity contribution in [2.24, 2.45) is 5.11 Å². The van der Waals surface area contributed by atoms with Crippen molar-refractivity contribution in [3.8, 4) is 0 Å². The first-order valence-corrected chi connectivity index (χ1v) is 3.02. The molecule has 5 nitrogen and oxygen atoms in total. The van der Waals surface area contributed by atoms with E-state index in [1.54, 1.807) is 0 Å². The van der Waals surface area contributed by atoms with Crippen molar-refractivity contribution in [1.82, 2.24) is 4.91 Å². The van der Waals surface area contributed by atoms with E-state index in [1.165, 1.54) is 0 Å². The first-order chi connectivity index (χ1) is 4.77. The standard InChI is InChI=1S/C5H9N3O2/c6-8-7-4-2-1-3-5(9)10/h6H,1-4H2/p+1. The fourth-order valence-electron chi connectivity index (χ4n) is 0.509. The molecule has 0 aromatic heterocycles. The summed E-state index contributed by atoms with van der Waals surface area (Å²) in [6.45, 7) is 0.455. The van der Waals surface area contributed by atoms with Crippen LogP contribution in [-0.2, 0) is 4.79 Å². The summed E-state index contributed by atoms with van der Waals surface area (Å²) in [5.74, 6) is -0.789. The molecule has 0 saturated carbocycles. The van der Waals surface area contributed by atoms with Crippen molar-refractivity contribution in [2.75, 3.05) is 6.54 Å². The number of nitrogens with one attached hydrogen (secondary N) is 1. The molecule has 0 aliphatic heterocycles. The molecule has 0 saturated heterocycles. The Labute approximate surface area is 58.3 Å². The molecular weight excluding hydrogens is 134 g/mol. The minimum absolute atomic E-state index is 0.174. The van der Waals surface area contributed by atoms with Gasteiger partial charge in [-0.15, -0.1) is 0 Å². The summed E-state index contributed by atoms with van der Waals surface area (Å²) in [7, 11) is 0. The van der Waals surface area contributed by atoms with E-state index in [-0.39, 0.29) is 6.42 Å². The van der Waals surface area contributed by atoms with Crippen LogP contribution in [0.25, 0.3) is 0 Å². The summed E-state index contributed by atoms with van der Waals surface area (Å²) < 4.78 is 0. The van der Waals surface area contributed by atoms with Crippen molar-refractivity contribution in [3.63, 3.8) is 0 Å². The van der Waals surface area contributed by atoms with Crippen molar-refractivity contribution < 1.29 is 9.90 Å². The number of carbonyl (C=O) groups is 1. The smallest absolute Gasteiger partial charge is 0.303 e. The summed E-state index contributed by atoms with van der Waals surface area (Å²) >= 11 is 0. The van der Waals surface area contributed by atoms with Crippen LogP contribution in [0.4, 0.5) is 0 Å². The normalized spacial score (nSPS) is 8.40. The number of unbranched alkanes of at least 4 members (excludes halogenated alkanes) is 1. The quantitative estimate of drug-likeness (QED) is 0.339. The van der Waals surface area contributed by atoms with Gasteiger partial charge in [-0.25, -0.2) is 0 Å². The maximum Gasteiger partial charge on any atom is 0.303 e. The lowest BCUT2D eigenvalue weighted by molar-refractivity contribution is -0.137. The SMILES string of the molecule is N=[N+]=NCCCCC(=O)O. The molecule has 0 heterocycles. The molecule has 10 heavy (non-hydrogen) atoms. The molecule has 5 heteroatoms. The molecule has 0 radical (unpaired) electrons. The fourth-order valence-corrected chi connectivity index (χ4v) is 0.509. The minimum atomic E-state index is -0.789. The van der Waals surface area contributed by atoms with Crippen LogP contribution in [0.2, 0.25) is 0 Å². The van der Waals surface area contributed by atoms with Crippen molar-refractivity contribution in [1.29, 1.82) is 5.53 Å². The van der Waals surface area contributed by atoms with Gasteiger partial charge in [0.2, 0.25) is 4.91 Å². The van der Waals surface area contributed by atoms with Crippen LogP contribution < -0.4 is 4.91 Å². The molecule has 0 aromatic rings. The molecular formula is C5H10N3O2+. The van der Waals surface area contributed by atoms with Crippen LogP contribution in [0.1, 0.15) is 19.3 Å². The van der Waals surface area contributed by atoms with Gasteiger partial charge in [0.25, 0.3) is 0 Å². The lowest BCUT2D eigenvalue weighted by atomic mass is 10.2. The maximum absolute atomic E-state index is 9.94. The molecule has 0 aliphatic carbocycles. The van der Waals surface area contributed by atoms with Gasteiger partial charge in [0, 0.05) is 6.42 Å². The topological polar surface area (TPSA) is 87.6 Å². The molecule has 0 fully saturated rings. The molecule has 2 N–H and O–H groups in total. The van der Waals surface area contributed by atoms with Crippen LogP contribution in [0.5, 0.6) is 0 Å². The van der Waals surface area contributed by atoms with E-state index in [2.05, 4.69) is 10.0 Å². The molecule has 0 aliphatic rings. The highest BCUT2D eigenvalue weighted by Crippen LogP contribution is 1.94. The first kappa shape index (κ1) is 8.78. The fraction of sp³-hybridized carbons (Fsp3) is 0.800. The second-order valence-electron chi connectivity index (χ2n) is 1.82. The van der Waals surface area contributed by atoms with Crippen LogP contribution in [0.3, 0.4) is 0 Å². The molecule has 0 spiro atoms. The molecule has 0 aromatic carbocycles. The molecule has 56 valence electrons. The third-order valence-corrected chi connectivity index (χ3v) is 0.969. The Morgan fingerprint density at radius 2 is 2.30 bits per heavy atom. The monoisotopic (exact) mass is 144 g/mol. The Morgan fingerprint density at radius 3 is 2.80 bits per heavy atom. The van der Waals surface area contributed by atoms with Crippen molar-refractivity contribution >= 4 is 5.97 Å². The zero-order chi connectivity index (χ0) is 7.82. The number of carboxylic acid groups (broad SMARTS) is 1. The van der Waals surface area contributed by atoms with E-state index < -0.39 is 5.97 Å². The van der Waals surface area contributed by atoms with E-state index in [9.17, 15) is 4.79 Å². The summed E-state index contributed by atoms with van der Waals surface area (Å²) in [5.41, 5.74) is 6.26. The van der Waals surface area contributed by atoms with E-state index in [1.807, 2.05) is 0 Å². The summed E-state index contributed by atoms with van der Waals surface area (Å²) in [4.78, 5) is 12.7. The number of aliphatic carboxylic acids is 1. The Balaban J connectivity index is 3.05. The third-order valence-electron chi connectivity index (χ3n) is 0.969. The lowest BCUT2D eigenvalue weighted by Crippen LogP contribution is -1.94. The van der Waals surface area contributed by atoms with E-state index >= 15 is 0 Å². The van der Waals surface area contributed by atoms with Crippen LogP contribution in [-0.4, -0.2) is 17.6 Å². The second-order valence-corrected chi connectivity index (χ2v) is 1.82. The van der Waals surface area contributed by atoms with Crippen LogP contribution >= 0.6 is 0 Å². The number of hydrogen-bond donors (Lipinski definition) is 2. The highest BCUT2D eigenvalue weighted by molar-refractivity contribution is 5.66. The van der Waals surface area contributed by atoms with E-state index in [0.717, 1.165) is 0 Å². The third kappa shape index (κ3) is 6.78. The number of carboxylic acids is 1. The van der Waals surface area contributed by atoms with Gasteiger partial charge >= 0.3 is 5.97 Å². The summed E-state index contributed by atoms with van der Waals surface area (Å²) in [6.07, 6.45) is 1.47. The molecule has 0 atom stereocenters. The molecule has 0 rings (SSSR count). The number of hydrogen-bond acceptors (Lipinski definition) is 3. The summed E-state index contributed by atoms with van der Waals surface area (Å²) in [6, 6.07) is 0. The molecule has 0 unspecified atom stereocenters. The van der Waals surface area contributed by atoms with Crippen LogP contribution in [0.15, 0.2) is 5.11 Å². The van der Waals surface area contributed by atoms with Crippen molar-refractivity contribution in [2.45, 2.75) is 19.3 Å². The number of nitrogens with zero attached hydrogens (tertiary/aromatic N) is 2. The Morgan fingerprint density at radius 1 is 1.60 bits per heavy atom. The Bertz CT molecular complexity index is 147. The molecule has 0 amide bonds. The zero-order valence-corrected chi connectivity index (χ0v) is 5.58. The van der Waals surface area contributed by atoms with Gasteiger partial charge in [-0.1, -0.05) is 0 Å². The minimum Gasteiger partial charge on any atom is -0.481 e. The Kier molecular flexibility index (Phi) is 5.19. The van der Waals surface area contributed by atoms with Gasteiger partial charge in [-0.2, -0.15) is 0 Å².